The lowest BCUT2D eigenvalue weighted by atomic mass is 10.1. The van der Waals surface area contributed by atoms with Crippen molar-refractivity contribution in [3.05, 3.63) is 48.3 Å². The van der Waals surface area contributed by atoms with Crippen LogP contribution >= 0.6 is 0 Å². The summed E-state index contributed by atoms with van der Waals surface area (Å²) in [6, 6.07) is 12.3. The Morgan fingerprint density at radius 1 is 1.15 bits per heavy atom. The Morgan fingerprint density at radius 3 is 3.00 bits per heavy atom. The van der Waals surface area contributed by atoms with Crippen LogP contribution in [0.25, 0.3) is 16.7 Å². The van der Waals surface area contributed by atoms with E-state index in [4.69, 9.17) is 0 Å². The molecular formula is C15H15N5. The number of aromatic nitrogens is 4. The summed E-state index contributed by atoms with van der Waals surface area (Å²) in [6.07, 6.45) is 4.16. The first-order valence-corrected chi connectivity index (χ1v) is 6.92. The van der Waals surface area contributed by atoms with Gasteiger partial charge in [0.25, 0.3) is 0 Å². The fourth-order valence-electron chi connectivity index (χ4n) is 2.82. The molecule has 1 atom stereocenters. The molecule has 0 radical (unpaired) electrons. The number of hydrogen-bond donors (Lipinski definition) is 1. The lowest BCUT2D eigenvalue weighted by Gasteiger charge is -2.14. The number of hydrogen-bond acceptors (Lipinski definition) is 4. The van der Waals surface area contributed by atoms with Gasteiger partial charge in [-0.1, -0.05) is 17.3 Å². The van der Waals surface area contributed by atoms with Gasteiger partial charge in [-0.15, -0.1) is 5.10 Å². The maximum Gasteiger partial charge on any atom is 0.113 e. The fraction of sp³-hybridized carbons (Fsp3) is 0.267. The number of fused-ring (bicyclic) bond motifs is 1. The Bertz CT molecular complexity index is 743. The van der Waals surface area contributed by atoms with Gasteiger partial charge in [0.2, 0.25) is 0 Å². The molecule has 20 heavy (non-hydrogen) atoms. The van der Waals surface area contributed by atoms with Crippen molar-refractivity contribution in [2.45, 2.75) is 18.9 Å². The lowest BCUT2D eigenvalue weighted by Crippen LogP contribution is -2.17. The third-order valence-corrected chi connectivity index (χ3v) is 3.79. The lowest BCUT2D eigenvalue weighted by molar-refractivity contribution is 0.618. The van der Waals surface area contributed by atoms with Gasteiger partial charge in [-0.25, -0.2) is 4.68 Å². The summed E-state index contributed by atoms with van der Waals surface area (Å²) in [6.45, 7) is 1.05. The predicted octanol–water partition coefficient (Wildman–Crippen LogP) is 2.24. The van der Waals surface area contributed by atoms with E-state index in [0.29, 0.717) is 6.04 Å². The van der Waals surface area contributed by atoms with Crippen molar-refractivity contribution in [2.75, 3.05) is 6.54 Å². The zero-order chi connectivity index (χ0) is 13.4. The first kappa shape index (κ1) is 11.5. The first-order valence-electron chi connectivity index (χ1n) is 6.92. The van der Waals surface area contributed by atoms with Crippen LogP contribution < -0.4 is 5.32 Å². The van der Waals surface area contributed by atoms with Gasteiger partial charge in [0.15, 0.2) is 0 Å². The van der Waals surface area contributed by atoms with E-state index in [0.717, 1.165) is 35.4 Å². The van der Waals surface area contributed by atoms with Gasteiger partial charge in [0.1, 0.15) is 5.52 Å². The van der Waals surface area contributed by atoms with E-state index in [1.807, 2.05) is 41.2 Å². The molecule has 2 aromatic heterocycles. The third-order valence-electron chi connectivity index (χ3n) is 3.79. The standard InChI is InChI=1S/C15H15N5/c1-2-7-13-11(5-1)18-19-20(13)14-8-4-10-17-15(14)12-6-3-9-16-12/h1-2,4-5,7-8,10,12,16H,3,6,9H2. The van der Waals surface area contributed by atoms with E-state index in [2.05, 4.69) is 26.7 Å². The van der Waals surface area contributed by atoms with Crippen molar-refractivity contribution in [3.8, 4) is 5.69 Å². The Labute approximate surface area is 116 Å². The Balaban J connectivity index is 1.89. The maximum absolute atomic E-state index is 4.57. The van der Waals surface area contributed by atoms with E-state index in [-0.39, 0.29) is 0 Å². The second-order valence-electron chi connectivity index (χ2n) is 5.05. The van der Waals surface area contributed by atoms with Crippen molar-refractivity contribution in [1.82, 2.24) is 25.3 Å². The van der Waals surface area contributed by atoms with Gasteiger partial charge in [0.05, 0.1) is 22.9 Å². The molecule has 100 valence electrons. The summed E-state index contributed by atoms with van der Waals surface area (Å²) in [4.78, 5) is 4.57. The van der Waals surface area contributed by atoms with Crippen molar-refractivity contribution in [1.29, 1.82) is 0 Å². The van der Waals surface area contributed by atoms with Gasteiger partial charge in [-0.05, 0) is 43.7 Å². The number of nitrogens with zero attached hydrogens (tertiary/aromatic N) is 4. The van der Waals surface area contributed by atoms with Crippen LogP contribution in [0.3, 0.4) is 0 Å². The average Bonchev–Trinajstić information content (AvgIpc) is 3.17. The van der Waals surface area contributed by atoms with Crippen LogP contribution in [0, 0.1) is 0 Å². The van der Waals surface area contributed by atoms with Crippen LogP contribution in [0.4, 0.5) is 0 Å². The van der Waals surface area contributed by atoms with E-state index < -0.39 is 0 Å². The highest BCUT2D eigenvalue weighted by Gasteiger charge is 2.22. The largest absolute Gasteiger partial charge is 0.309 e. The molecule has 3 aromatic rings. The number of rotatable bonds is 2. The predicted molar refractivity (Wildman–Crippen MR) is 76.6 cm³/mol. The minimum absolute atomic E-state index is 0.314. The van der Waals surface area contributed by atoms with Gasteiger partial charge < -0.3 is 5.32 Å². The van der Waals surface area contributed by atoms with Gasteiger partial charge in [-0.3, -0.25) is 4.98 Å². The molecule has 1 aliphatic heterocycles. The summed E-state index contributed by atoms with van der Waals surface area (Å²) >= 11 is 0. The normalized spacial score (nSPS) is 18.7. The highest BCUT2D eigenvalue weighted by molar-refractivity contribution is 5.76. The summed E-state index contributed by atoms with van der Waals surface area (Å²) in [7, 11) is 0. The Morgan fingerprint density at radius 2 is 2.10 bits per heavy atom. The first-order chi connectivity index (χ1) is 9.93. The highest BCUT2D eigenvalue weighted by atomic mass is 15.4. The molecule has 1 fully saturated rings. The summed E-state index contributed by atoms with van der Waals surface area (Å²) < 4.78 is 1.89. The molecular weight excluding hydrogens is 250 g/mol. The molecule has 1 aliphatic rings. The summed E-state index contributed by atoms with van der Waals surface area (Å²) in [5.74, 6) is 0. The van der Waals surface area contributed by atoms with Crippen LogP contribution in [0.1, 0.15) is 24.6 Å². The number of benzene rings is 1. The minimum Gasteiger partial charge on any atom is -0.309 e. The average molecular weight is 265 g/mol. The quantitative estimate of drug-likeness (QED) is 0.772. The molecule has 4 rings (SSSR count). The molecule has 0 spiro atoms. The third kappa shape index (κ3) is 1.78. The van der Waals surface area contributed by atoms with Gasteiger partial charge in [0, 0.05) is 6.20 Å². The SMILES string of the molecule is c1cnc(C2CCCN2)c(-n2nnc3ccccc32)c1. The zero-order valence-electron chi connectivity index (χ0n) is 11.0. The second kappa shape index (κ2) is 4.68. The number of nitrogens with one attached hydrogen (secondary N) is 1. The molecule has 5 nitrogen and oxygen atoms in total. The van der Waals surface area contributed by atoms with Crippen molar-refractivity contribution in [3.63, 3.8) is 0 Å². The molecule has 0 amide bonds. The molecule has 5 heteroatoms. The Kier molecular flexibility index (Phi) is 2.70. The second-order valence-corrected chi connectivity index (χ2v) is 5.05. The molecule has 0 saturated carbocycles. The Hall–Kier alpha value is -2.27. The van der Waals surface area contributed by atoms with E-state index in [9.17, 15) is 0 Å². The zero-order valence-corrected chi connectivity index (χ0v) is 11.0. The van der Waals surface area contributed by atoms with Crippen LogP contribution in [0.15, 0.2) is 42.6 Å². The number of para-hydroxylation sites is 1. The van der Waals surface area contributed by atoms with Crippen molar-refractivity contribution in [2.24, 2.45) is 0 Å². The molecule has 3 heterocycles. The van der Waals surface area contributed by atoms with E-state index in [1.54, 1.807) is 0 Å². The summed E-state index contributed by atoms with van der Waals surface area (Å²) in [5.41, 5.74) is 3.99. The maximum atomic E-state index is 4.57. The smallest absolute Gasteiger partial charge is 0.113 e. The minimum atomic E-state index is 0.314. The monoisotopic (exact) mass is 265 g/mol. The molecule has 0 aliphatic carbocycles. The van der Waals surface area contributed by atoms with Crippen molar-refractivity contribution < 1.29 is 0 Å². The summed E-state index contributed by atoms with van der Waals surface area (Å²) in [5, 5.41) is 12.0. The molecule has 1 unspecified atom stereocenters. The van der Waals surface area contributed by atoms with Crippen molar-refractivity contribution >= 4 is 11.0 Å². The fourth-order valence-corrected chi connectivity index (χ4v) is 2.82. The van der Waals surface area contributed by atoms with E-state index in [1.165, 1.54) is 6.42 Å². The molecule has 1 aromatic carbocycles. The van der Waals surface area contributed by atoms with Crippen LogP contribution in [0.5, 0.6) is 0 Å². The molecule has 0 bridgehead atoms. The number of pyridine rings is 1. The highest BCUT2D eigenvalue weighted by Crippen LogP contribution is 2.27. The van der Waals surface area contributed by atoms with Crippen LogP contribution in [-0.2, 0) is 0 Å². The topological polar surface area (TPSA) is 55.6 Å². The molecule has 1 saturated heterocycles. The van der Waals surface area contributed by atoms with Crippen LogP contribution in [0.2, 0.25) is 0 Å². The van der Waals surface area contributed by atoms with Crippen LogP contribution in [-0.4, -0.2) is 26.5 Å². The van der Waals surface area contributed by atoms with E-state index >= 15 is 0 Å². The molecule has 1 N–H and O–H groups in total. The van der Waals surface area contributed by atoms with Gasteiger partial charge in [-0.2, -0.15) is 0 Å². The van der Waals surface area contributed by atoms with Gasteiger partial charge >= 0.3 is 0 Å².